The molecule has 0 saturated carbocycles. The summed E-state index contributed by atoms with van der Waals surface area (Å²) in [6, 6.07) is 6.63. The molecule has 8 heteroatoms. The van der Waals surface area contributed by atoms with E-state index in [2.05, 4.69) is 10.6 Å². The Labute approximate surface area is 151 Å². The van der Waals surface area contributed by atoms with Crippen molar-refractivity contribution >= 4 is 35.1 Å². The number of nitrogens with one attached hydrogen (secondary N) is 2. The number of carboxylic acids is 2. The maximum atomic E-state index is 12.1. The minimum absolute atomic E-state index is 0.0459. The molecule has 0 aliphatic carbocycles. The summed E-state index contributed by atoms with van der Waals surface area (Å²) in [7, 11) is 0. The second-order valence-electron chi connectivity index (χ2n) is 6.46. The van der Waals surface area contributed by atoms with Crippen molar-refractivity contribution in [1.29, 1.82) is 0 Å². The van der Waals surface area contributed by atoms with Crippen molar-refractivity contribution in [3.63, 3.8) is 0 Å². The van der Waals surface area contributed by atoms with Gasteiger partial charge >= 0.3 is 11.9 Å². The Kier molecular flexibility index (Phi) is 8.27. The summed E-state index contributed by atoms with van der Waals surface area (Å²) in [5.41, 5.74) is 0.804. The smallest absolute Gasteiger partial charge is 0.303 e. The number of amides is 2. The monoisotopic (exact) mass is 364 g/mol. The molecule has 0 bridgehead atoms. The molecule has 4 N–H and O–H groups in total. The van der Waals surface area contributed by atoms with Crippen molar-refractivity contribution in [2.75, 3.05) is 10.6 Å². The molecule has 0 aliphatic heterocycles. The fraction of sp³-hybridized carbons (Fsp3) is 0.444. The highest BCUT2D eigenvalue weighted by Gasteiger charge is 2.16. The van der Waals surface area contributed by atoms with E-state index in [4.69, 9.17) is 10.2 Å². The van der Waals surface area contributed by atoms with Crippen LogP contribution in [0.5, 0.6) is 0 Å². The Balaban J connectivity index is 2.66. The Bertz CT molecular complexity index is 616. The van der Waals surface area contributed by atoms with Crippen molar-refractivity contribution in [1.82, 2.24) is 0 Å². The Hall–Kier alpha value is -2.90. The molecule has 2 atom stereocenters. The molecule has 142 valence electrons. The molecule has 2 unspecified atom stereocenters. The van der Waals surface area contributed by atoms with Crippen LogP contribution in [-0.4, -0.2) is 34.0 Å². The number of carbonyl (C=O) groups excluding carboxylic acids is 2. The fourth-order valence-electron chi connectivity index (χ4n) is 2.48. The van der Waals surface area contributed by atoms with E-state index in [9.17, 15) is 19.2 Å². The van der Waals surface area contributed by atoms with Crippen LogP contribution in [0.15, 0.2) is 24.3 Å². The second kappa shape index (κ2) is 10.2. The molecular formula is C18H24N2O6. The number of aliphatic carboxylic acids is 2. The molecule has 26 heavy (non-hydrogen) atoms. The molecule has 1 aromatic carbocycles. The highest BCUT2D eigenvalue weighted by Crippen LogP contribution is 2.23. The second-order valence-corrected chi connectivity index (χ2v) is 6.46. The lowest BCUT2D eigenvalue weighted by Crippen LogP contribution is -2.20. The van der Waals surface area contributed by atoms with Crippen LogP contribution >= 0.6 is 0 Å². The minimum atomic E-state index is -0.964. The van der Waals surface area contributed by atoms with E-state index in [1.165, 1.54) is 0 Å². The number of benzene rings is 1. The normalized spacial score (nSPS) is 12.7. The summed E-state index contributed by atoms with van der Waals surface area (Å²) in [5.74, 6) is -3.25. The van der Waals surface area contributed by atoms with E-state index in [0.29, 0.717) is 11.4 Å². The third-order valence-electron chi connectivity index (χ3n) is 3.59. The van der Waals surface area contributed by atoms with Crippen LogP contribution in [-0.2, 0) is 19.2 Å². The van der Waals surface area contributed by atoms with Gasteiger partial charge in [-0.05, 0) is 24.0 Å². The standard InChI is InChI=1S/C18H24N2O6/c1-11(9-17(23)24)7-15(21)19-13-5-3-4-6-14(13)20-16(22)8-12(2)10-18(25)26/h3-6,11-12H,7-10H2,1-2H3,(H,19,21)(H,20,22)(H,23,24)(H,25,26). The van der Waals surface area contributed by atoms with Gasteiger partial charge in [0.1, 0.15) is 0 Å². The Morgan fingerprint density at radius 1 is 0.769 bits per heavy atom. The third kappa shape index (κ3) is 8.27. The van der Waals surface area contributed by atoms with E-state index in [-0.39, 0.29) is 49.3 Å². The van der Waals surface area contributed by atoms with Gasteiger partial charge in [0.05, 0.1) is 11.4 Å². The van der Waals surface area contributed by atoms with Crippen LogP contribution in [0.1, 0.15) is 39.5 Å². The average Bonchev–Trinajstić information content (AvgIpc) is 2.46. The number of carbonyl (C=O) groups is 4. The van der Waals surface area contributed by atoms with Crippen LogP contribution in [0, 0.1) is 11.8 Å². The topological polar surface area (TPSA) is 133 Å². The summed E-state index contributed by atoms with van der Waals surface area (Å²) in [6.07, 6.45) is -0.116. The van der Waals surface area contributed by atoms with Gasteiger partial charge in [-0.1, -0.05) is 26.0 Å². The molecule has 0 saturated heterocycles. The zero-order valence-corrected chi connectivity index (χ0v) is 14.8. The summed E-state index contributed by atoms with van der Waals surface area (Å²) in [5, 5.41) is 22.8. The highest BCUT2D eigenvalue weighted by molar-refractivity contribution is 5.99. The van der Waals surface area contributed by atoms with Gasteiger partial charge in [-0.3, -0.25) is 19.2 Å². The Morgan fingerprint density at radius 3 is 1.42 bits per heavy atom. The van der Waals surface area contributed by atoms with Crippen molar-refractivity contribution in [2.24, 2.45) is 11.8 Å². The minimum Gasteiger partial charge on any atom is -0.481 e. The number of rotatable bonds is 10. The van der Waals surface area contributed by atoms with Crippen LogP contribution in [0.25, 0.3) is 0 Å². The SMILES string of the molecule is CC(CC(=O)O)CC(=O)Nc1ccccc1NC(=O)CC(C)CC(=O)O. The zero-order valence-electron chi connectivity index (χ0n) is 14.8. The fourth-order valence-corrected chi connectivity index (χ4v) is 2.48. The number of carboxylic acid groups (broad SMARTS) is 2. The van der Waals surface area contributed by atoms with Gasteiger partial charge in [0.2, 0.25) is 11.8 Å². The molecule has 0 aliphatic rings. The van der Waals surface area contributed by atoms with Crippen LogP contribution in [0.2, 0.25) is 0 Å². The van der Waals surface area contributed by atoms with Crippen LogP contribution in [0.4, 0.5) is 11.4 Å². The van der Waals surface area contributed by atoms with E-state index in [1.807, 2.05) is 0 Å². The van der Waals surface area contributed by atoms with Gasteiger partial charge in [-0.2, -0.15) is 0 Å². The highest BCUT2D eigenvalue weighted by atomic mass is 16.4. The lowest BCUT2D eigenvalue weighted by atomic mass is 10.0. The average molecular weight is 364 g/mol. The molecule has 0 fully saturated rings. The first-order chi connectivity index (χ1) is 12.2. The molecule has 0 heterocycles. The summed E-state index contributed by atoms with van der Waals surface area (Å²) in [6.45, 7) is 3.34. The predicted molar refractivity (Wildman–Crippen MR) is 95.8 cm³/mol. The first kappa shape index (κ1) is 21.1. The molecule has 1 aromatic rings. The lowest BCUT2D eigenvalue weighted by molar-refractivity contribution is -0.139. The van der Waals surface area contributed by atoms with Crippen molar-refractivity contribution < 1.29 is 29.4 Å². The molecule has 1 rings (SSSR count). The number of anilines is 2. The molecule has 2 amide bonds. The van der Waals surface area contributed by atoms with Crippen molar-refractivity contribution in [2.45, 2.75) is 39.5 Å². The summed E-state index contributed by atoms with van der Waals surface area (Å²) >= 11 is 0. The van der Waals surface area contributed by atoms with Crippen molar-refractivity contribution in [3.05, 3.63) is 24.3 Å². The van der Waals surface area contributed by atoms with Gasteiger partial charge in [-0.25, -0.2) is 0 Å². The zero-order chi connectivity index (χ0) is 19.7. The number of hydrogen-bond acceptors (Lipinski definition) is 4. The lowest BCUT2D eigenvalue weighted by Gasteiger charge is -2.15. The van der Waals surface area contributed by atoms with E-state index in [0.717, 1.165) is 0 Å². The maximum absolute atomic E-state index is 12.1. The van der Waals surface area contributed by atoms with Gasteiger partial charge < -0.3 is 20.8 Å². The molecule has 0 aromatic heterocycles. The van der Waals surface area contributed by atoms with Crippen LogP contribution < -0.4 is 10.6 Å². The predicted octanol–water partition coefficient (Wildman–Crippen LogP) is 2.57. The van der Waals surface area contributed by atoms with Crippen molar-refractivity contribution in [3.8, 4) is 0 Å². The van der Waals surface area contributed by atoms with E-state index >= 15 is 0 Å². The first-order valence-corrected chi connectivity index (χ1v) is 8.29. The van der Waals surface area contributed by atoms with Gasteiger partial charge in [-0.15, -0.1) is 0 Å². The molecule has 8 nitrogen and oxygen atoms in total. The largest absolute Gasteiger partial charge is 0.481 e. The van der Waals surface area contributed by atoms with E-state index < -0.39 is 11.9 Å². The van der Waals surface area contributed by atoms with Gasteiger partial charge in [0, 0.05) is 25.7 Å². The van der Waals surface area contributed by atoms with Gasteiger partial charge in [0.15, 0.2) is 0 Å². The molecule has 0 spiro atoms. The molecular weight excluding hydrogens is 340 g/mol. The quantitative estimate of drug-likeness (QED) is 0.504. The summed E-state index contributed by atoms with van der Waals surface area (Å²) < 4.78 is 0. The third-order valence-corrected chi connectivity index (χ3v) is 3.59. The van der Waals surface area contributed by atoms with Crippen LogP contribution in [0.3, 0.4) is 0 Å². The van der Waals surface area contributed by atoms with E-state index in [1.54, 1.807) is 38.1 Å². The Morgan fingerprint density at radius 2 is 1.12 bits per heavy atom. The molecule has 0 radical (unpaired) electrons. The van der Waals surface area contributed by atoms with Gasteiger partial charge in [0.25, 0.3) is 0 Å². The first-order valence-electron chi connectivity index (χ1n) is 8.29. The number of hydrogen-bond donors (Lipinski definition) is 4. The maximum Gasteiger partial charge on any atom is 0.303 e. The summed E-state index contributed by atoms with van der Waals surface area (Å²) in [4.78, 5) is 45.4. The number of para-hydroxylation sites is 2.